The van der Waals surface area contributed by atoms with Crippen LogP contribution < -0.4 is 0 Å². The topological polar surface area (TPSA) is 25.8 Å². The van der Waals surface area contributed by atoms with Crippen molar-refractivity contribution in [1.82, 2.24) is 9.97 Å². The van der Waals surface area contributed by atoms with Crippen molar-refractivity contribution >= 4 is 27.5 Å². The maximum Gasteiger partial charge on any atom is 0.155 e. The second kappa shape index (κ2) is 4.70. The Morgan fingerprint density at radius 3 is 2.53 bits per heavy atom. The minimum absolute atomic E-state index is 0.213. The summed E-state index contributed by atoms with van der Waals surface area (Å²) in [7, 11) is 0. The van der Waals surface area contributed by atoms with Crippen LogP contribution in [0.15, 0.2) is 22.7 Å². The van der Waals surface area contributed by atoms with Gasteiger partial charge in [-0.3, -0.25) is 0 Å². The Bertz CT molecular complexity index is 587. The molecule has 0 spiro atoms. The van der Waals surface area contributed by atoms with E-state index in [0.717, 1.165) is 15.9 Å². The van der Waals surface area contributed by atoms with Crippen molar-refractivity contribution in [3.8, 4) is 11.3 Å². The molecule has 0 atom stereocenters. The Morgan fingerprint density at radius 1 is 1.18 bits per heavy atom. The highest BCUT2D eigenvalue weighted by Crippen LogP contribution is 2.29. The van der Waals surface area contributed by atoms with E-state index in [0.29, 0.717) is 11.3 Å². The summed E-state index contributed by atoms with van der Waals surface area (Å²) in [5.74, 6) is -0.368. The molecule has 0 bridgehead atoms. The highest BCUT2D eigenvalue weighted by Gasteiger charge is 2.13. The zero-order valence-corrected chi connectivity index (χ0v) is 11.6. The fourth-order valence-corrected chi connectivity index (χ4v) is 2.06. The number of hydrogen-bond donors (Lipinski definition) is 0. The monoisotopic (exact) mass is 314 g/mol. The van der Waals surface area contributed by atoms with Gasteiger partial charge >= 0.3 is 0 Å². The summed E-state index contributed by atoms with van der Waals surface area (Å²) >= 11 is 9.30. The summed E-state index contributed by atoms with van der Waals surface area (Å²) in [5, 5.41) is 0.213. The fraction of sp³-hybridized carbons (Fsp3) is 0.167. The summed E-state index contributed by atoms with van der Waals surface area (Å²) in [6, 6.07) is 4.63. The lowest BCUT2D eigenvalue weighted by molar-refractivity contribution is 0.630. The van der Waals surface area contributed by atoms with Crippen molar-refractivity contribution in [1.29, 1.82) is 0 Å². The van der Waals surface area contributed by atoms with Crippen LogP contribution in [0.4, 0.5) is 4.39 Å². The first-order valence-electron chi connectivity index (χ1n) is 4.95. The molecular formula is C12H9BrClFN2. The van der Waals surface area contributed by atoms with Gasteiger partial charge in [0.1, 0.15) is 11.5 Å². The molecule has 0 unspecified atom stereocenters. The van der Waals surface area contributed by atoms with Crippen LogP contribution in [0.1, 0.15) is 11.4 Å². The highest BCUT2D eigenvalue weighted by atomic mass is 79.9. The molecule has 5 heteroatoms. The predicted octanol–water partition coefficient (Wildman–Crippen LogP) is 4.32. The van der Waals surface area contributed by atoms with Crippen molar-refractivity contribution in [2.24, 2.45) is 0 Å². The van der Waals surface area contributed by atoms with Gasteiger partial charge in [-0.2, -0.15) is 0 Å². The van der Waals surface area contributed by atoms with Crippen molar-refractivity contribution in [3.05, 3.63) is 45.0 Å². The van der Waals surface area contributed by atoms with Crippen molar-refractivity contribution in [3.63, 3.8) is 0 Å². The van der Waals surface area contributed by atoms with E-state index in [2.05, 4.69) is 25.9 Å². The lowest BCUT2D eigenvalue weighted by atomic mass is 10.1. The van der Waals surface area contributed by atoms with Crippen LogP contribution in [0.2, 0.25) is 5.15 Å². The molecule has 1 aromatic heterocycles. The average molecular weight is 316 g/mol. The zero-order valence-electron chi connectivity index (χ0n) is 9.26. The van der Waals surface area contributed by atoms with Crippen LogP contribution in [0, 0.1) is 19.7 Å². The third-order valence-corrected chi connectivity index (χ3v) is 3.20. The van der Waals surface area contributed by atoms with Gasteiger partial charge < -0.3 is 0 Å². The SMILES string of the molecule is Cc1nc(Cl)c(-c2cc(Br)ccc2F)nc1C. The summed E-state index contributed by atoms with van der Waals surface area (Å²) < 4.78 is 14.5. The van der Waals surface area contributed by atoms with Crippen LogP contribution in [-0.4, -0.2) is 9.97 Å². The lowest BCUT2D eigenvalue weighted by Gasteiger charge is -2.08. The third-order valence-electron chi connectivity index (χ3n) is 2.45. The van der Waals surface area contributed by atoms with Crippen molar-refractivity contribution in [2.45, 2.75) is 13.8 Å². The van der Waals surface area contributed by atoms with Crippen LogP contribution in [0.3, 0.4) is 0 Å². The molecule has 1 aromatic carbocycles. The summed E-state index contributed by atoms with van der Waals surface area (Å²) in [4.78, 5) is 8.43. The molecule has 2 aromatic rings. The van der Waals surface area contributed by atoms with Crippen LogP contribution >= 0.6 is 27.5 Å². The normalized spacial score (nSPS) is 10.6. The zero-order chi connectivity index (χ0) is 12.6. The number of aromatic nitrogens is 2. The fourth-order valence-electron chi connectivity index (χ4n) is 1.43. The molecular weight excluding hydrogens is 307 g/mol. The number of hydrogen-bond acceptors (Lipinski definition) is 2. The molecule has 0 fully saturated rings. The molecule has 0 N–H and O–H groups in total. The van der Waals surface area contributed by atoms with E-state index in [9.17, 15) is 4.39 Å². The minimum Gasteiger partial charge on any atom is -0.248 e. The van der Waals surface area contributed by atoms with Crippen LogP contribution in [-0.2, 0) is 0 Å². The highest BCUT2D eigenvalue weighted by molar-refractivity contribution is 9.10. The van der Waals surface area contributed by atoms with Crippen LogP contribution in [0.5, 0.6) is 0 Å². The molecule has 1 heterocycles. The standard InChI is InChI=1S/C12H9BrClFN2/c1-6-7(2)17-12(14)11(16-6)9-5-8(13)3-4-10(9)15/h3-5H,1-2H3. The third kappa shape index (κ3) is 2.48. The van der Waals surface area contributed by atoms with Gasteiger partial charge in [0.05, 0.1) is 11.4 Å². The van der Waals surface area contributed by atoms with E-state index in [1.807, 2.05) is 13.8 Å². The molecule has 0 aliphatic carbocycles. The summed E-state index contributed by atoms with van der Waals surface area (Å²) in [5.41, 5.74) is 2.20. The quantitative estimate of drug-likeness (QED) is 0.783. The van der Waals surface area contributed by atoms with Gasteiger partial charge in [0.2, 0.25) is 0 Å². The van der Waals surface area contributed by atoms with Gasteiger partial charge in [0, 0.05) is 10.0 Å². The smallest absolute Gasteiger partial charge is 0.155 e. The van der Waals surface area contributed by atoms with Crippen LogP contribution in [0.25, 0.3) is 11.3 Å². The number of nitrogens with zero attached hydrogens (tertiary/aromatic N) is 2. The molecule has 0 radical (unpaired) electrons. The first kappa shape index (κ1) is 12.5. The molecule has 0 aliphatic heterocycles. The number of benzene rings is 1. The predicted molar refractivity (Wildman–Crippen MR) is 69.6 cm³/mol. The van der Waals surface area contributed by atoms with E-state index < -0.39 is 0 Å². The van der Waals surface area contributed by atoms with E-state index in [1.54, 1.807) is 12.1 Å². The van der Waals surface area contributed by atoms with Crippen molar-refractivity contribution in [2.75, 3.05) is 0 Å². The first-order chi connectivity index (χ1) is 7.99. The Morgan fingerprint density at radius 2 is 1.82 bits per heavy atom. The Hall–Kier alpha value is -1.00. The molecule has 0 saturated carbocycles. The minimum atomic E-state index is -0.368. The number of rotatable bonds is 1. The van der Waals surface area contributed by atoms with Gasteiger partial charge in [-0.15, -0.1) is 0 Å². The van der Waals surface area contributed by atoms with Gasteiger partial charge in [0.15, 0.2) is 5.15 Å². The van der Waals surface area contributed by atoms with Gasteiger partial charge in [-0.05, 0) is 32.0 Å². The number of aryl methyl sites for hydroxylation is 2. The Labute approximate surface area is 112 Å². The second-order valence-electron chi connectivity index (χ2n) is 3.66. The maximum atomic E-state index is 13.7. The second-order valence-corrected chi connectivity index (χ2v) is 4.93. The largest absolute Gasteiger partial charge is 0.248 e. The van der Waals surface area contributed by atoms with E-state index >= 15 is 0 Å². The molecule has 17 heavy (non-hydrogen) atoms. The molecule has 88 valence electrons. The summed E-state index contributed by atoms with van der Waals surface area (Å²) in [6.07, 6.45) is 0. The van der Waals surface area contributed by atoms with E-state index in [-0.39, 0.29) is 11.0 Å². The van der Waals surface area contributed by atoms with Gasteiger partial charge in [0.25, 0.3) is 0 Å². The first-order valence-corrected chi connectivity index (χ1v) is 6.12. The van der Waals surface area contributed by atoms with Crippen molar-refractivity contribution < 1.29 is 4.39 Å². The number of halogens is 3. The van der Waals surface area contributed by atoms with Gasteiger partial charge in [-0.25, -0.2) is 14.4 Å². The summed E-state index contributed by atoms with van der Waals surface area (Å²) in [6.45, 7) is 3.63. The molecule has 0 saturated heterocycles. The Kier molecular flexibility index (Phi) is 3.45. The molecule has 2 rings (SSSR count). The van der Waals surface area contributed by atoms with E-state index in [4.69, 9.17) is 11.6 Å². The van der Waals surface area contributed by atoms with Gasteiger partial charge in [-0.1, -0.05) is 27.5 Å². The molecule has 0 aliphatic rings. The average Bonchev–Trinajstić information content (AvgIpc) is 2.27. The Balaban J connectivity index is 2.68. The van der Waals surface area contributed by atoms with E-state index in [1.165, 1.54) is 6.07 Å². The maximum absolute atomic E-state index is 13.7. The molecule has 0 amide bonds. The molecule has 2 nitrogen and oxygen atoms in total. The lowest BCUT2D eigenvalue weighted by Crippen LogP contribution is -1.98.